The number of carbonyl (C=O) groups is 2. The normalized spacial score (nSPS) is 15.0. The zero-order valence-corrected chi connectivity index (χ0v) is 18.4. The Balaban J connectivity index is 1.54. The molecule has 0 aromatic heterocycles. The van der Waals surface area contributed by atoms with Gasteiger partial charge in [-0.3, -0.25) is 9.59 Å². The number of carbonyl (C=O) groups excluding carboxylic acids is 2. The van der Waals surface area contributed by atoms with Crippen LogP contribution in [0.1, 0.15) is 23.6 Å². The van der Waals surface area contributed by atoms with Crippen molar-refractivity contribution >= 4 is 23.2 Å². The van der Waals surface area contributed by atoms with Crippen molar-refractivity contribution in [3.8, 4) is 11.5 Å². The highest BCUT2D eigenvalue weighted by atomic mass is 16.5. The summed E-state index contributed by atoms with van der Waals surface area (Å²) in [6.45, 7) is 4.22. The van der Waals surface area contributed by atoms with E-state index in [0.717, 1.165) is 22.4 Å². The van der Waals surface area contributed by atoms with E-state index in [1.807, 2.05) is 55.5 Å². The molecule has 32 heavy (non-hydrogen) atoms. The summed E-state index contributed by atoms with van der Waals surface area (Å²) in [6, 6.07) is 20.8. The Bertz CT molecular complexity index is 1140. The second-order valence-electron chi connectivity index (χ2n) is 7.87. The van der Waals surface area contributed by atoms with Crippen LogP contribution in [0.25, 0.3) is 0 Å². The van der Waals surface area contributed by atoms with Gasteiger partial charge in [0.15, 0.2) is 6.10 Å². The predicted molar refractivity (Wildman–Crippen MR) is 124 cm³/mol. The molecule has 2 amide bonds. The van der Waals surface area contributed by atoms with Crippen molar-refractivity contribution in [3.05, 3.63) is 83.4 Å². The van der Waals surface area contributed by atoms with E-state index < -0.39 is 6.10 Å². The van der Waals surface area contributed by atoms with Gasteiger partial charge in [0.2, 0.25) is 5.91 Å². The number of fused-ring (bicyclic) bond motifs is 1. The lowest BCUT2D eigenvalue weighted by Crippen LogP contribution is -2.44. The fraction of sp³-hybridized carbons (Fsp3) is 0.231. The van der Waals surface area contributed by atoms with Gasteiger partial charge >= 0.3 is 0 Å². The van der Waals surface area contributed by atoms with Crippen molar-refractivity contribution < 1.29 is 19.1 Å². The molecule has 1 aliphatic rings. The predicted octanol–water partition coefficient (Wildman–Crippen LogP) is 4.50. The summed E-state index contributed by atoms with van der Waals surface area (Å²) in [4.78, 5) is 27.2. The van der Waals surface area contributed by atoms with E-state index in [0.29, 0.717) is 23.7 Å². The van der Waals surface area contributed by atoms with Gasteiger partial charge in [-0.05, 0) is 60.9 Å². The van der Waals surface area contributed by atoms with E-state index in [1.165, 1.54) is 0 Å². The molecule has 0 aliphatic carbocycles. The zero-order chi connectivity index (χ0) is 22.7. The van der Waals surface area contributed by atoms with E-state index in [1.54, 1.807) is 37.1 Å². The van der Waals surface area contributed by atoms with E-state index in [2.05, 4.69) is 5.32 Å². The molecule has 1 aliphatic heterocycles. The van der Waals surface area contributed by atoms with E-state index in [-0.39, 0.29) is 18.2 Å². The maximum atomic E-state index is 12.9. The van der Waals surface area contributed by atoms with Crippen LogP contribution < -0.4 is 19.7 Å². The summed E-state index contributed by atoms with van der Waals surface area (Å²) in [7, 11) is 1.61. The molecular weight excluding hydrogens is 404 g/mol. The van der Waals surface area contributed by atoms with Crippen LogP contribution >= 0.6 is 0 Å². The quantitative estimate of drug-likeness (QED) is 0.625. The molecule has 0 saturated heterocycles. The van der Waals surface area contributed by atoms with Gasteiger partial charge in [-0.1, -0.05) is 36.4 Å². The average molecular weight is 431 g/mol. The lowest BCUT2D eigenvalue weighted by Gasteiger charge is -2.33. The standard InChI is InChI=1S/C26H26N2O4/c1-17-6-4-5-7-20(17)16-28-23-15-21(10-13-24(23)32-18(2)26(28)30)27-25(29)14-19-8-11-22(31-3)12-9-19/h4-13,15,18H,14,16H2,1-3H3,(H,27,29). The first kappa shape index (κ1) is 21.4. The third kappa shape index (κ3) is 4.59. The van der Waals surface area contributed by atoms with E-state index in [9.17, 15) is 9.59 Å². The molecule has 1 atom stereocenters. The number of nitrogens with one attached hydrogen (secondary N) is 1. The smallest absolute Gasteiger partial charge is 0.268 e. The van der Waals surface area contributed by atoms with Gasteiger partial charge in [-0.2, -0.15) is 0 Å². The van der Waals surface area contributed by atoms with Crippen molar-refractivity contribution in [2.24, 2.45) is 0 Å². The van der Waals surface area contributed by atoms with Gasteiger partial charge in [0.05, 0.1) is 25.8 Å². The summed E-state index contributed by atoms with van der Waals surface area (Å²) in [5.41, 5.74) is 4.33. The van der Waals surface area contributed by atoms with Crippen LogP contribution in [0, 0.1) is 6.92 Å². The summed E-state index contributed by atoms with van der Waals surface area (Å²) in [5.74, 6) is 1.12. The topological polar surface area (TPSA) is 67.9 Å². The number of nitrogens with zero attached hydrogens (tertiary/aromatic N) is 1. The molecule has 0 radical (unpaired) electrons. The fourth-order valence-corrected chi connectivity index (χ4v) is 3.74. The number of rotatable bonds is 6. The minimum absolute atomic E-state index is 0.109. The number of methoxy groups -OCH3 is 1. The fourth-order valence-electron chi connectivity index (χ4n) is 3.74. The molecule has 1 N–H and O–H groups in total. The van der Waals surface area contributed by atoms with Crippen molar-refractivity contribution in [1.29, 1.82) is 0 Å². The Morgan fingerprint density at radius 3 is 2.56 bits per heavy atom. The second-order valence-corrected chi connectivity index (χ2v) is 7.87. The number of hydrogen-bond donors (Lipinski definition) is 1. The van der Waals surface area contributed by atoms with Crippen LogP contribution in [0.5, 0.6) is 11.5 Å². The molecule has 4 rings (SSSR count). The van der Waals surface area contributed by atoms with Gasteiger partial charge in [-0.25, -0.2) is 0 Å². The molecular formula is C26H26N2O4. The highest BCUT2D eigenvalue weighted by Gasteiger charge is 2.32. The molecule has 6 nitrogen and oxygen atoms in total. The molecule has 1 unspecified atom stereocenters. The lowest BCUT2D eigenvalue weighted by molar-refractivity contribution is -0.125. The van der Waals surface area contributed by atoms with Crippen LogP contribution in [0.15, 0.2) is 66.7 Å². The highest BCUT2D eigenvalue weighted by molar-refractivity contribution is 6.01. The summed E-state index contributed by atoms with van der Waals surface area (Å²) < 4.78 is 11.0. The third-order valence-corrected chi connectivity index (χ3v) is 5.56. The van der Waals surface area contributed by atoms with E-state index >= 15 is 0 Å². The minimum Gasteiger partial charge on any atom is -0.497 e. The second kappa shape index (κ2) is 9.14. The molecule has 0 bridgehead atoms. The number of hydrogen-bond acceptors (Lipinski definition) is 4. The number of ether oxygens (including phenoxy) is 2. The van der Waals surface area contributed by atoms with Crippen molar-refractivity contribution in [2.45, 2.75) is 32.9 Å². The first-order valence-corrected chi connectivity index (χ1v) is 10.5. The van der Waals surface area contributed by atoms with Crippen molar-refractivity contribution in [3.63, 3.8) is 0 Å². The van der Waals surface area contributed by atoms with Crippen molar-refractivity contribution in [1.82, 2.24) is 0 Å². The number of anilines is 2. The van der Waals surface area contributed by atoms with E-state index in [4.69, 9.17) is 9.47 Å². The number of amides is 2. The third-order valence-electron chi connectivity index (χ3n) is 5.56. The Labute approximate surface area is 187 Å². The van der Waals surface area contributed by atoms with Crippen LogP contribution in [-0.2, 0) is 22.6 Å². The van der Waals surface area contributed by atoms with Gasteiger partial charge in [0.1, 0.15) is 11.5 Å². The van der Waals surface area contributed by atoms with Crippen LogP contribution in [-0.4, -0.2) is 25.0 Å². The first-order valence-electron chi connectivity index (χ1n) is 10.5. The summed E-state index contributed by atoms with van der Waals surface area (Å²) in [6.07, 6.45) is -0.331. The minimum atomic E-state index is -0.568. The van der Waals surface area contributed by atoms with Crippen LogP contribution in [0.4, 0.5) is 11.4 Å². The van der Waals surface area contributed by atoms with Crippen molar-refractivity contribution in [2.75, 3.05) is 17.3 Å². The maximum absolute atomic E-state index is 12.9. The maximum Gasteiger partial charge on any atom is 0.268 e. The Hall–Kier alpha value is -3.80. The van der Waals surface area contributed by atoms with Gasteiger partial charge in [0.25, 0.3) is 5.91 Å². The molecule has 0 spiro atoms. The molecule has 3 aromatic rings. The molecule has 1 heterocycles. The molecule has 6 heteroatoms. The SMILES string of the molecule is COc1ccc(CC(=O)Nc2ccc3c(c2)N(Cc2ccccc2C)C(=O)C(C)O3)cc1. The molecule has 0 saturated carbocycles. The molecule has 164 valence electrons. The summed E-state index contributed by atoms with van der Waals surface area (Å²) >= 11 is 0. The first-order chi connectivity index (χ1) is 15.4. The molecule has 3 aromatic carbocycles. The lowest BCUT2D eigenvalue weighted by atomic mass is 10.1. The van der Waals surface area contributed by atoms with Gasteiger partial charge < -0.3 is 19.7 Å². The van der Waals surface area contributed by atoms with Gasteiger partial charge in [0, 0.05) is 5.69 Å². The molecule has 0 fully saturated rings. The van der Waals surface area contributed by atoms with Gasteiger partial charge in [-0.15, -0.1) is 0 Å². The largest absolute Gasteiger partial charge is 0.497 e. The Morgan fingerprint density at radius 2 is 1.84 bits per heavy atom. The Morgan fingerprint density at radius 1 is 1.09 bits per heavy atom. The van der Waals surface area contributed by atoms with Crippen LogP contribution in [0.3, 0.4) is 0 Å². The number of aryl methyl sites for hydroxylation is 1. The zero-order valence-electron chi connectivity index (χ0n) is 18.4. The Kier molecular flexibility index (Phi) is 6.12. The van der Waals surface area contributed by atoms with Crippen LogP contribution in [0.2, 0.25) is 0 Å². The average Bonchev–Trinajstić information content (AvgIpc) is 2.79. The highest BCUT2D eigenvalue weighted by Crippen LogP contribution is 2.37. The number of benzene rings is 3. The summed E-state index contributed by atoms with van der Waals surface area (Å²) in [5, 5.41) is 2.93. The monoisotopic (exact) mass is 430 g/mol.